The summed E-state index contributed by atoms with van der Waals surface area (Å²) in [6.45, 7) is 7.85. The van der Waals surface area contributed by atoms with Crippen molar-refractivity contribution in [3.05, 3.63) is 12.7 Å². The van der Waals surface area contributed by atoms with E-state index in [-0.39, 0.29) is 11.9 Å². The van der Waals surface area contributed by atoms with Crippen LogP contribution < -0.4 is 5.32 Å². The van der Waals surface area contributed by atoms with Gasteiger partial charge in [-0.2, -0.15) is 0 Å². The van der Waals surface area contributed by atoms with Gasteiger partial charge in [0.2, 0.25) is 5.91 Å². The molecule has 62 valence electrons. The Kier molecular flexibility index (Phi) is 2.65. The monoisotopic (exact) mass is 154 g/mol. The van der Waals surface area contributed by atoms with Crippen LogP contribution in [0.2, 0.25) is 0 Å². The Labute approximate surface area is 67.1 Å². The highest BCUT2D eigenvalue weighted by Crippen LogP contribution is 1.99. The Balaban J connectivity index is 2.51. The number of rotatable bonds is 2. The largest absolute Gasteiger partial charge is 0.336 e. The van der Waals surface area contributed by atoms with Crippen LogP contribution in [0.25, 0.3) is 0 Å². The Bertz CT molecular complexity index is 167. The van der Waals surface area contributed by atoms with E-state index in [2.05, 4.69) is 11.9 Å². The van der Waals surface area contributed by atoms with Crippen LogP contribution in [0, 0.1) is 0 Å². The summed E-state index contributed by atoms with van der Waals surface area (Å²) >= 11 is 0. The van der Waals surface area contributed by atoms with Crippen molar-refractivity contribution in [2.75, 3.05) is 19.6 Å². The third kappa shape index (κ3) is 1.80. The summed E-state index contributed by atoms with van der Waals surface area (Å²) in [6, 6.07) is -0.0244. The summed E-state index contributed by atoms with van der Waals surface area (Å²) in [5.41, 5.74) is 0. The molecule has 0 spiro atoms. The topological polar surface area (TPSA) is 32.3 Å². The Hall–Kier alpha value is -0.830. The van der Waals surface area contributed by atoms with Crippen LogP contribution in [0.4, 0.5) is 0 Å². The molecule has 3 nitrogen and oxygen atoms in total. The van der Waals surface area contributed by atoms with Crippen LogP contribution in [0.1, 0.15) is 6.92 Å². The highest BCUT2D eigenvalue weighted by Gasteiger charge is 2.22. The lowest BCUT2D eigenvalue weighted by Crippen LogP contribution is -2.53. The van der Waals surface area contributed by atoms with Gasteiger partial charge in [-0.3, -0.25) is 4.79 Å². The Morgan fingerprint density at radius 3 is 3.27 bits per heavy atom. The van der Waals surface area contributed by atoms with Crippen LogP contribution in [-0.2, 0) is 4.79 Å². The zero-order chi connectivity index (χ0) is 8.27. The molecule has 0 aromatic heterocycles. The van der Waals surface area contributed by atoms with Crippen molar-refractivity contribution >= 4 is 5.91 Å². The van der Waals surface area contributed by atoms with Crippen molar-refractivity contribution in [2.45, 2.75) is 13.0 Å². The van der Waals surface area contributed by atoms with Gasteiger partial charge >= 0.3 is 0 Å². The molecule has 1 amide bonds. The van der Waals surface area contributed by atoms with Crippen molar-refractivity contribution < 1.29 is 4.79 Å². The van der Waals surface area contributed by atoms with E-state index in [0.29, 0.717) is 6.54 Å². The molecule has 1 atom stereocenters. The van der Waals surface area contributed by atoms with Gasteiger partial charge in [-0.25, -0.2) is 0 Å². The summed E-state index contributed by atoms with van der Waals surface area (Å²) in [6.07, 6.45) is 1.76. The van der Waals surface area contributed by atoms with Crippen molar-refractivity contribution in [2.24, 2.45) is 0 Å². The normalized spacial score (nSPS) is 25.4. The van der Waals surface area contributed by atoms with E-state index >= 15 is 0 Å². The fourth-order valence-corrected chi connectivity index (χ4v) is 1.22. The zero-order valence-electron chi connectivity index (χ0n) is 6.84. The van der Waals surface area contributed by atoms with Crippen molar-refractivity contribution in [1.29, 1.82) is 0 Å². The quantitative estimate of drug-likeness (QED) is 0.567. The molecule has 3 heteroatoms. The van der Waals surface area contributed by atoms with Crippen molar-refractivity contribution in [3.63, 3.8) is 0 Å². The van der Waals surface area contributed by atoms with E-state index < -0.39 is 0 Å². The summed E-state index contributed by atoms with van der Waals surface area (Å²) in [5.74, 6) is 0.177. The maximum Gasteiger partial charge on any atom is 0.239 e. The van der Waals surface area contributed by atoms with E-state index in [1.165, 1.54) is 0 Å². The standard InChI is InChI=1S/C8H14N2O/c1-3-5-10-6-4-9-7(2)8(10)11/h3,7,9H,1,4-6H2,2H3/t7-/m0/s1. The second-order valence-corrected chi connectivity index (χ2v) is 2.75. The second-order valence-electron chi connectivity index (χ2n) is 2.75. The molecule has 0 radical (unpaired) electrons. The molecule has 1 heterocycles. The third-order valence-electron chi connectivity index (χ3n) is 1.86. The molecule has 1 aliphatic heterocycles. The highest BCUT2D eigenvalue weighted by atomic mass is 16.2. The molecule has 1 saturated heterocycles. The molecule has 1 aliphatic rings. The van der Waals surface area contributed by atoms with Gasteiger partial charge in [0.05, 0.1) is 6.04 Å². The first-order chi connectivity index (χ1) is 5.25. The van der Waals surface area contributed by atoms with Gasteiger partial charge in [-0.1, -0.05) is 6.08 Å². The van der Waals surface area contributed by atoms with E-state index in [1.54, 1.807) is 6.08 Å². The van der Waals surface area contributed by atoms with E-state index in [9.17, 15) is 4.79 Å². The third-order valence-corrected chi connectivity index (χ3v) is 1.86. The molecule has 0 bridgehead atoms. The average molecular weight is 154 g/mol. The van der Waals surface area contributed by atoms with Gasteiger partial charge in [0.25, 0.3) is 0 Å². The van der Waals surface area contributed by atoms with Crippen LogP contribution in [0.5, 0.6) is 0 Å². The molecule has 11 heavy (non-hydrogen) atoms. The van der Waals surface area contributed by atoms with Crippen LogP contribution in [-0.4, -0.2) is 36.5 Å². The number of piperazine rings is 1. The molecule has 1 rings (SSSR count). The molecule has 1 fully saturated rings. The molecule has 0 saturated carbocycles. The van der Waals surface area contributed by atoms with Crippen molar-refractivity contribution in [3.8, 4) is 0 Å². The van der Waals surface area contributed by atoms with E-state index in [1.807, 2.05) is 11.8 Å². The van der Waals surface area contributed by atoms with Crippen LogP contribution >= 0.6 is 0 Å². The number of nitrogens with zero attached hydrogens (tertiary/aromatic N) is 1. The fraction of sp³-hybridized carbons (Fsp3) is 0.625. The second kappa shape index (κ2) is 3.53. The summed E-state index contributed by atoms with van der Waals surface area (Å²) in [7, 11) is 0. The first kappa shape index (κ1) is 8.27. The van der Waals surface area contributed by atoms with Crippen LogP contribution in [0.3, 0.4) is 0 Å². The molecular formula is C8H14N2O. The van der Waals surface area contributed by atoms with Gasteiger partial charge in [-0.15, -0.1) is 6.58 Å². The fourth-order valence-electron chi connectivity index (χ4n) is 1.22. The maximum atomic E-state index is 11.3. The minimum absolute atomic E-state index is 0.0244. The van der Waals surface area contributed by atoms with E-state index in [4.69, 9.17) is 0 Å². The van der Waals surface area contributed by atoms with E-state index in [0.717, 1.165) is 13.1 Å². The number of amides is 1. The summed E-state index contributed by atoms with van der Waals surface area (Å²) in [5, 5.41) is 3.09. The number of hydrogen-bond acceptors (Lipinski definition) is 2. The summed E-state index contributed by atoms with van der Waals surface area (Å²) in [4.78, 5) is 13.1. The SMILES string of the molecule is C=CCN1CCN[C@@H](C)C1=O. The predicted octanol–water partition coefficient (Wildman–Crippen LogP) is -0.00730. The first-order valence-corrected chi connectivity index (χ1v) is 3.88. The Morgan fingerprint density at radius 1 is 1.91 bits per heavy atom. The molecule has 0 aromatic carbocycles. The zero-order valence-corrected chi connectivity index (χ0v) is 6.84. The minimum atomic E-state index is -0.0244. The molecule has 0 aromatic rings. The minimum Gasteiger partial charge on any atom is -0.336 e. The lowest BCUT2D eigenvalue weighted by atomic mass is 10.2. The molecular weight excluding hydrogens is 140 g/mol. The van der Waals surface area contributed by atoms with Crippen molar-refractivity contribution in [1.82, 2.24) is 10.2 Å². The predicted molar refractivity (Wildman–Crippen MR) is 44.2 cm³/mol. The van der Waals surface area contributed by atoms with Gasteiger partial charge < -0.3 is 10.2 Å². The Morgan fingerprint density at radius 2 is 2.64 bits per heavy atom. The number of nitrogens with one attached hydrogen (secondary N) is 1. The molecule has 0 unspecified atom stereocenters. The smallest absolute Gasteiger partial charge is 0.239 e. The lowest BCUT2D eigenvalue weighted by molar-refractivity contribution is -0.134. The number of carbonyl (C=O) groups is 1. The molecule has 0 aliphatic carbocycles. The van der Waals surface area contributed by atoms with Gasteiger partial charge in [0.1, 0.15) is 0 Å². The molecule has 1 N–H and O–H groups in total. The van der Waals surface area contributed by atoms with Crippen LogP contribution in [0.15, 0.2) is 12.7 Å². The van der Waals surface area contributed by atoms with Gasteiger partial charge in [0.15, 0.2) is 0 Å². The lowest BCUT2D eigenvalue weighted by Gasteiger charge is -2.30. The maximum absolute atomic E-state index is 11.3. The number of carbonyl (C=O) groups excluding carboxylic acids is 1. The first-order valence-electron chi connectivity index (χ1n) is 3.88. The van der Waals surface area contributed by atoms with Gasteiger partial charge in [0, 0.05) is 19.6 Å². The van der Waals surface area contributed by atoms with Gasteiger partial charge in [-0.05, 0) is 6.92 Å². The highest BCUT2D eigenvalue weighted by molar-refractivity contribution is 5.82. The number of hydrogen-bond donors (Lipinski definition) is 1. The average Bonchev–Trinajstić information content (AvgIpc) is 1.99. The summed E-state index contributed by atoms with van der Waals surface area (Å²) < 4.78 is 0.